The molecular weight excluding hydrogens is 302 g/mol. The van der Waals surface area contributed by atoms with Gasteiger partial charge in [0.05, 0.1) is 10.9 Å². The minimum atomic E-state index is -3.44. The van der Waals surface area contributed by atoms with E-state index >= 15 is 0 Å². The monoisotopic (exact) mass is 313 g/mol. The number of hydrogen-bond donors (Lipinski definition) is 2. The number of carbonyl (C=O) groups is 1. The van der Waals surface area contributed by atoms with Gasteiger partial charge in [0.2, 0.25) is 15.8 Å². The maximum atomic E-state index is 12.1. The highest BCUT2D eigenvalue weighted by molar-refractivity contribution is 7.89. The molecule has 0 aliphatic carbocycles. The van der Waals surface area contributed by atoms with Crippen LogP contribution in [0.15, 0.2) is 22.7 Å². The van der Waals surface area contributed by atoms with Crippen molar-refractivity contribution in [2.75, 3.05) is 13.6 Å². The predicted octanol–water partition coefficient (Wildman–Crippen LogP) is -0.0286. The second kappa shape index (κ2) is 4.65. The summed E-state index contributed by atoms with van der Waals surface area (Å²) in [6.07, 6.45) is 1.24. The minimum absolute atomic E-state index is 0.0965. The number of carbonyl (C=O) groups excluding carboxylic acids is 1. The highest BCUT2D eigenvalue weighted by atomic mass is 32.2. The van der Waals surface area contributed by atoms with Crippen molar-refractivity contribution in [3.63, 3.8) is 0 Å². The van der Waals surface area contributed by atoms with Crippen molar-refractivity contribution in [2.24, 2.45) is 0 Å². The lowest BCUT2D eigenvalue weighted by Gasteiger charge is -2.29. The van der Waals surface area contributed by atoms with Crippen LogP contribution in [0.25, 0.3) is 0 Å². The lowest BCUT2D eigenvalue weighted by atomic mass is 10.2. The van der Waals surface area contributed by atoms with Crippen LogP contribution in [-0.4, -0.2) is 47.4 Å². The number of likely N-dealkylation sites (N-methyl/N-ethyl adjacent to an activating group) is 1. The Labute approximate surface area is 118 Å². The van der Waals surface area contributed by atoms with Gasteiger partial charge in [0.15, 0.2) is 0 Å². The number of aromatic nitrogens is 3. The molecule has 10 heteroatoms. The molecule has 3 heterocycles. The summed E-state index contributed by atoms with van der Waals surface area (Å²) in [4.78, 5) is 16.6. The molecule has 0 aromatic carbocycles. The van der Waals surface area contributed by atoms with Crippen LogP contribution in [0.1, 0.15) is 21.5 Å². The van der Waals surface area contributed by atoms with E-state index in [0.29, 0.717) is 4.88 Å². The molecule has 8 nitrogen and oxygen atoms in total. The van der Waals surface area contributed by atoms with Crippen LogP contribution in [0.4, 0.5) is 0 Å². The van der Waals surface area contributed by atoms with Gasteiger partial charge in [-0.25, -0.2) is 13.4 Å². The summed E-state index contributed by atoms with van der Waals surface area (Å²) in [5.41, 5.74) is 0. The van der Waals surface area contributed by atoms with E-state index in [-0.39, 0.29) is 17.3 Å². The topological polar surface area (TPSA) is 108 Å². The third-order valence-electron chi connectivity index (χ3n) is 3.04. The van der Waals surface area contributed by atoms with E-state index in [0.717, 1.165) is 0 Å². The number of rotatable bonds is 2. The molecule has 106 valence electrons. The van der Waals surface area contributed by atoms with Gasteiger partial charge in [-0.3, -0.25) is 9.89 Å². The Hall–Kier alpha value is -1.78. The maximum Gasteiger partial charge on any atom is 0.289 e. The number of hydrogen-bond acceptors (Lipinski definition) is 6. The second-order valence-electron chi connectivity index (χ2n) is 4.29. The average Bonchev–Trinajstić information content (AvgIpc) is 3.07. The quantitative estimate of drug-likeness (QED) is 0.809. The van der Waals surface area contributed by atoms with Gasteiger partial charge in [0.1, 0.15) is 6.33 Å². The summed E-state index contributed by atoms with van der Waals surface area (Å²) in [5, 5.41) is 10.5. The van der Waals surface area contributed by atoms with Crippen molar-refractivity contribution in [1.29, 1.82) is 0 Å². The molecule has 0 radical (unpaired) electrons. The molecule has 1 aliphatic heterocycles. The van der Waals surface area contributed by atoms with Crippen molar-refractivity contribution in [3.05, 3.63) is 28.5 Å². The Morgan fingerprint density at radius 3 is 3.10 bits per heavy atom. The Morgan fingerprint density at radius 1 is 1.60 bits per heavy atom. The zero-order valence-corrected chi connectivity index (χ0v) is 12.0. The SMILES string of the molecule is CN1CC(NC(=O)c2ncn[nH]2)c2sccc2S1(=O)=O. The van der Waals surface area contributed by atoms with Crippen LogP contribution in [-0.2, 0) is 10.0 Å². The van der Waals surface area contributed by atoms with Gasteiger partial charge < -0.3 is 5.32 Å². The summed E-state index contributed by atoms with van der Waals surface area (Å²) < 4.78 is 25.5. The first-order chi connectivity index (χ1) is 9.50. The molecule has 0 saturated carbocycles. The predicted molar refractivity (Wildman–Crippen MR) is 70.7 cm³/mol. The van der Waals surface area contributed by atoms with E-state index in [1.807, 2.05) is 0 Å². The third-order valence-corrected chi connectivity index (χ3v) is 6.08. The molecule has 1 unspecified atom stereocenters. The summed E-state index contributed by atoms with van der Waals surface area (Å²) in [5.74, 6) is -0.321. The summed E-state index contributed by atoms with van der Waals surface area (Å²) in [6, 6.07) is 1.16. The van der Waals surface area contributed by atoms with Crippen LogP contribution < -0.4 is 5.32 Å². The van der Waals surface area contributed by atoms with Gasteiger partial charge in [-0.15, -0.1) is 11.3 Å². The number of nitrogens with zero attached hydrogens (tertiary/aromatic N) is 3. The summed E-state index contributed by atoms with van der Waals surface area (Å²) in [7, 11) is -1.95. The molecule has 1 aliphatic rings. The number of aromatic amines is 1. The molecule has 0 spiro atoms. The second-order valence-corrected chi connectivity index (χ2v) is 7.26. The molecular formula is C10H11N5O3S2. The maximum absolute atomic E-state index is 12.1. The Bertz CT molecular complexity index is 737. The van der Waals surface area contributed by atoms with Crippen molar-refractivity contribution in [2.45, 2.75) is 10.9 Å². The van der Waals surface area contributed by atoms with Gasteiger partial charge in [-0.1, -0.05) is 0 Å². The van der Waals surface area contributed by atoms with Gasteiger partial charge in [0, 0.05) is 18.5 Å². The molecule has 2 aromatic rings. The van der Waals surface area contributed by atoms with Gasteiger partial charge in [0.25, 0.3) is 5.91 Å². The van der Waals surface area contributed by atoms with E-state index in [1.54, 1.807) is 11.4 Å². The Balaban J connectivity index is 1.91. The average molecular weight is 313 g/mol. The molecule has 0 bridgehead atoms. The summed E-state index contributed by atoms with van der Waals surface area (Å²) >= 11 is 1.31. The molecule has 0 saturated heterocycles. The first-order valence-electron chi connectivity index (χ1n) is 5.70. The molecule has 1 amide bonds. The van der Waals surface area contributed by atoms with E-state index in [9.17, 15) is 13.2 Å². The van der Waals surface area contributed by atoms with Crippen molar-refractivity contribution >= 4 is 27.3 Å². The minimum Gasteiger partial charge on any atom is -0.340 e. The zero-order valence-electron chi connectivity index (χ0n) is 10.4. The zero-order chi connectivity index (χ0) is 14.3. The fourth-order valence-electron chi connectivity index (χ4n) is 2.04. The van der Waals surface area contributed by atoms with E-state index in [2.05, 4.69) is 20.5 Å². The number of thiophene rings is 1. The van der Waals surface area contributed by atoms with Crippen LogP contribution in [0.5, 0.6) is 0 Å². The number of H-pyrrole nitrogens is 1. The standard InChI is InChI=1S/C10H11N5O3S2/c1-15-4-6(13-10(16)9-11-5-12-14-9)8-7(2-3-19-8)20(15,17)18/h2-3,5-6H,4H2,1H3,(H,13,16)(H,11,12,14). The Kier molecular flexibility index (Phi) is 3.07. The number of nitrogens with one attached hydrogen (secondary N) is 2. The number of sulfonamides is 1. The number of fused-ring (bicyclic) bond motifs is 1. The normalized spacial score (nSPS) is 21.4. The van der Waals surface area contributed by atoms with Gasteiger partial charge >= 0.3 is 0 Å². The van der Waals surface area contributed by atoms with Gasteiger partial charge in [-0.05, 0) is 11.4 Å². The fourth-order valence-corrected chi connectivity index (χ4v) is 4.73. The van der Waals surface area contributed by atoms with Crippen LogP contribution in [0, 0.1) is 0 Å². The smallest absolute Gasteiger partial charge is 0.289 e. The van der Waals surface area contributed by atoms with Crippen LogP contribution in [0.3, 0.4) is 0 Å². The van der Waals surface area contributed by atoms with Gasteiger partial charge in [-0.2, -0.15) is 9.40 Å². The molecule has 2 aromatic heterocycles. The molecule has 2 N–H and O–H groups in total. The first kappa shape index (κ1) is 13.2. The van der Waals surface area contributed by atoms with Crippen molar-refractivity contribution in [1.82, 2.24) is 24.8 Å². The van der Waals surface area contributed by atoms with Crippen LogP contribution >= 0.6 is 11.3 Å². The lowest BCUT2D eigenvalue weighted by molar-refractivity contribution is 0.0921. The highest BCUT2D eigenvalue weighted by Gasteiger charge is 2.36. The van der Waals surface area contributed by atoms with E-state index < -0.39 is 22.0 Å². The largest absolute Gasteiger partial charge is 0.340 e. The first-order valence-corrected chi connectivity index (χ1v) is 8.02. The van der Waals surface area contributed by atoms with E-state index in [4.69, 9.17) is 0 Å². The molecule has 0 fully saturated rings. The van der Waals surface area contributed by atoms with Crippen LogP contribution in [0.2, 0.25) is 0 Å². The van der Waals surface area contributed by atoms with Crippen molar-refractivity contribution < 1.29 is 13.2 Å². The number of amides is 1. The van der Waals surface area contributed by atoms with Crippen molar-refractivity contribution in [3.8, 4) is 0 Å². The Morgan fingerprint density at radius 2 is 2.40 bits per heavy atom. The molecule has 3 rings (SSSR count). The lowest BCUT2D eigenvalue weighted by Crippen LogP contribution is -2.43. The van der Waals surface area contributed by atoms with E-state index in [1.165, 1.54) is 29.0 Å². The molecule has 1 atom stereocenters. The molecule has 20 heavy (non-hydrogen) atoms. The highest BCUT2D eigenvalue weighted by Crippen LogP contribution is 2.35. The third kappa shape index (κ3) is 2.01. The fraction of sp³-hybridized carbons (Fsp3) is 0.300. The summed E-state index contributed by atoms with van der Waals surface area (Å²) in [6.45, 7) is 0.190.